The van der Waals surface area contributed by atoms with Crippen LogP contribution in [0.15, 0.2) is 29.2 Å². The zero-order valence-electron chi connectivity index (χ0n) is 19.6. The maximum atomic E-state index is 12.2. The fourth-order valence-electron chi connectivity index (χ4n) is 4.91. The van der Waals surface area contributed by atoms with Gasteiger partial charge in [0.2, 0.25) is 0 Å². The summed E-state index contributed by atoms with van der Waals surface area (Å²) in [6.45, 7) is 4.74. The molecule has 9 heteroatoms. The third kappa shape index (κ3) is 6.51. The Kier molecular flexibility index (Phi) is 8.42. The summed E-state index contributed by atoms with van der Waals surface area (Å²) < 4.78 is 52.4. The predicted octanol–water partition coefficient (Wildman–Crippen LogP) is 4.42. The van der Waals surface area contributed by atoms with E-state index >= 15 is 0 Å². The standard InChI is InChI=1S/C15H20O5S.C9H16O2S/c1-12-2-4-14(5-3-12)21(16,17)20-13-6-8-15(9-7-13)18-10-11-19-15;1-12-8-2-4-9(5-3-8)10-6-7-11-9/h2-5,13H,6-11H2,1H3;8H,2-7H2,1H3. The summed E-state index contributed by atoms with van der Waals surface area (Å²) in [6.07, 6.45) is 9.21. The molecule has 2 aliphatic heterocycles. The summed E-state index contributed by atoms with van der Waals surface area (Å²) in [4.78, 5) is 0.210. The highest BCUT2D eigenvalue weighted by molar-refractivity contribution is 7.99. The van der Waals surface area contributed by atoms with E-state index in [1.807, 2.05) is 18.7 Å². The molecule has 0 radical (unpaired) electrons. The molecule has 0 unspecified atom stereocenters. The Morgan fingerprint density at radius 2 is 1.27 bits per heavy atom. The minimum Gasteiger partial charge on any atom is -0.348 e. The number of hydrogen-bond acceptors (Lipinski definition) is 8. The van der Waals surface area contributed by atoms with Crippen molar-refractivity contribution in [3.63, 3.8) is 0 Å². The predicted molar refractivity (Wildman–Crippen MR) is 127 cm³/mol. The molecule has 0 N–H and O–H groups in total. The van der Waals surface area contributed by atoms with Crippen molar-refractivity contribution < 1.29 is 31.5 Å². The van der Waals surface area contributed by atoms with E-state index in [1.54, 1.807) is 24.3 Å². The Labute approximate surface area is 202 Å². The molecule has 33 heavy (non-hydrogen) atoms. The van der Waals surface area contributed by atoms with Crippen LogP contribution in [0.25, 0.3) is 0 Å². The Morgan fingerprint density at radius 1 is 0.818 bits per heavy atom. The molecule has 2 spiro atoms. The number of rotatable bonds is 4. The molecule has 0 amide bonds. The quantitative estimate of drug-likeness (QED) is 0.562. The van der Waals surface area contributed by atoms with Gasteiger partial charge in [0.1, 0.15) is 0 Å². The molecule has 1 aromatic carbocycles. The second-order valence-electron chi connectivity index (χ2n) is 9.21. The lowest BCUT2D eigenvalue weighted by atomic mass is 9.92. The molecular weight excluding hydrogens is 464 g/mol. The van der Waals surface area contributed by atoms with Gasteiger partial charge in [-0.25, -0.2) is 0 Å². The SMILES string of the molecule is CSC1CCC2(CC1)OCCO2.Cc1ccc(S(=O)(=O)OC2CCC3(CC2)OCCO3)cc1. The van der Waals surface area contributed by atoms with Crippen molar-refractivity contribution in [1.82, 2.24) is 0 Å². The average Bonchev–Trinajstić information content (AvgIpc) is 3.47. The zero-order valence-corrected chi connectivity index (χ0v) is 21.3. The van der Waals surface area contributed by atoms with E-state index in [9.17, 15) is 8.42 Å². The lowest BCUT2D eigenvalue weighted by molar-refractivity contribution is -0.185. The van der Waals surface area contributed by atoms with Crippen molar-refractivity contribution in [2.24, 2.45) is 0 Å². The van der Waals surface area contributed by atoms with Gasteiger partial charge in [-0.2, -0.15) is 20.2 Å². The maximum absolute atomic E-state index is 12.2. The van der Waals surface area contributed by atoms with Gasteiger partial charge in [-0.05, 0) is 51.0 Å². The molecule has 2 saturated heterocycles. The summed E-state index contributed by atoms with van der Waals surface area (Å²) in [5, 5.41) is 0.837. The molecule has 7 nitrogen and oxygen atoms in total. The average molecular weight is 501 g/mol. The van der Waals surface area contributed by atoms with E-state index in [-0.39, 0.29) is 16.8 Å². The van der Waals surface area contributed by atoms with Crippen LogP contribution < -0.4 is 0 Å². The molecule has 2 aliphatic carbocycles. The van der Waals surface area contributed by atoms with Crippen molar-refractivity contribution in [2.45, 2.75) is 86.1 Å². The van der Waals surface area contributed by atoms with Crippen LogP contribution in [-0.2, 0) is 33.2 Å². The van der Waals surface area contributed by atoms with Crippen LogP contribution in [0.1, 0.15) is 56.9 Å². The molecule has 2 heterocycles. The van der Waals surface area contributed by atoms with Crippen LogP contribution in [0.2, 0.25) is 0 Å². The van der Waals surface area contributed by atoms with Crippen molar-refractivity contribution in [3.05, 3.63) is 29.8 Å². The summed E-state index contributed by atoms with van der Waals surface area (Å²) in [6, 6.07) is 6.70. The van der Waals surface area contributed by atoms with Crippen molar-refractivity contribution >= 4 is 21.9 Å². The fraction of sp³-hybridized carbons (Fsp3) is 0.750. The van der Waals surface area contributed by atoms with Gasteiger partial charge in [0.25, 0.3) is 10.1 Å². The molecule has 0 aromatic heterocycles. The molecule has 4 aliphatic rings. The van der Waals surface area contributed by atoms with Crippen molar-refractivity contribution in [3.8, 4) is 0 Å². The van der Waals surface area contributed by atoms with Gasteiger partial charge in [0.15, 0.2) is 11.6 Å². The Balaban J connectivity index is 0.000000183. The lowest BCUT2D eigenvalue weighted by Crippen LogP contribution is -2.38. The second-order valence-corrected chi connectivity index (χ2v) is 11.9. The summed E-state index contributed by atoms with van der Waals surface area (Å²) in [5.41, 5.74) is 1.02. The minimum atomic E-state index is -3.69. The molecule has 2 saturated carbocycles. The Morgan fingerprint density at radius 3 is 1.73 bits per heavy atom. The first-order valence-electron chi connectivity index (χ1n) is 11.9. The number of benzene rings is 1. The summed E-state index contributed by atoms with van der Waals surface area (Å²) >= 11 is 1.98. The van der Waals surface area contributed by atoms with E-state index in [2.05, 4.69) is 6.26 Å². The first-order valence-corrected chi connectivity index (χ1v) is 14.6. The van der Waals surface area contributed by atoms with Crippen LogP contribution >= 0.6 is 11.8 Å². The Hall–Kier alpha value is -0.680. The first-order chi connectivity index (χ1) is 15.8. The van der Waals surface area contributed by atoms with E-state index in [1.165, 1.54) is 12.8 Å². The van der Waals surface area contributed by atoms with E-state index in [0.29, 0.717) is 38.9 Å². The molecule has 4 fully saturated rings. The van der Waals surface area contributed by atoms with Crippen LogP contribution in [0.5, 0.6) is 0 Å². The Bertz CT molecular complexity index is 839. The molecule has 0 bridgehead atoms. The number of hydrogen-bond donors (Lipinski definition) is 0. The van der Waals surface area contributed by atoms with Gasteiger partial charge in [0.05, 0.1) is 37.4 Å². The van der Waals surface area contributed by atoms with Crippen LogP contribution in [0, 0.1) is 6.92 Å². The first kappa shape index (κ1) is 25.4. The normalized spacial score (nSPS) is 26.9. The van der Waals surface area contributed by atoms with Gasteiger partial charge in [-0.1, -0.05) is 17.7 Å². The van der Waals surface area contributed by atoms with Gasteiger partial charge < -0.3 is 18.9 Å². The molecule has 1 aromatic rings. The minimum absolute atomic E-state index is 0.160. The molecule has 0 atom stereocenters. The third-order valence-electron chi connectivity index (χ3n) is 6.92. The summed E-state index contributed by atoms with van der Waals surface area (Å²) in [5.74, 6) is -0.653. The highest BCUT2D eigenvalue weighted by Crippen LogP contribution is 2.39. The second kappa shape index (κ2) is 10.9. The number of aryl methyl sites for hydroxylation is 1. The topological polar surface area (TPSA) is 80.3 Å². The molecule has 186 valence electrons. The highest BCUT2D eigenvalue weighted by atomic mass is 32.2. The smallest absolute Gasteiger partial charge is 0.297 e. The van der Waals surface area contributed by atoms with Crippen LogP contribution in [-0.4, -0.2) is 64.0 Å². The molecular formula is C24H36O7S2. The van der Waals surface area contributed by atoms with Gasteiger partial charge in [-0.3, -0.25) is 4.18 Å². The van der Waals surface area contributed by atoms with E-state index in [0.717, 1.165) is 36.9 Å². The van der Waals surface area contributed by atoms with Gasteiger partial charge >= 0.3 is 0 Å². The number of thioether (sulfide) groups is 1. The summed E-state index contributed by atoms with van der Waals surface area (Å²) in [7, 11) is -3.69. The fourth-order valence-corrected chi connectivity index (χ4v) is 6.74. The van der Waals surface area contributed by atoms with Gasteiger partial charge in [-0.15, -0.1) is 0 Å². The monoisotopic (exact) mass is 500 g/mol. The van der Waals surface area contributed by atoms with Crippen LogP contribution in [0.3, 0.4) is 0 Å². The largest absolute Gasteiger partial charge is 0.348 e. The highest BCUT2D eigenvalue weighted by Gasteiger charge is 2.42. The van der Waals surface area contributed by atoms with E-state index < -0.39 is 15.9 Å². The van der Waals surface area contributed by atoms with E-state index in [4.69, 9.17) is 23.1 Å². The van der Waals surface area contributed by atoms with Crippen molar-refractivity contribution in [2.75, 3.05) is 32.7 Å². The molecule has 5 rings (SSSR count). The van der Waals surface area contributed by atoms with Crippen LogP contribution in [0.4, 0.5) is 0 Å². The zero-order chi connectivity index (χ0) is 23.4. The number of ether oxygens (including phenoxy) is 4. The maximum Gasteiger partial charge on any atom is 0.297 e. The third-order valence-corrected chi connectivity index (χ3v) is 9.43. The van der Waals surface area contributed by atoms with Gasteiger partial charge in [0, 0.05) is 30.9 Å². The van der Waals surface area contributed by atoms with Crippen molar-refractivity contribution in [1.29, 1.82) is 0 Å². The lowest BCUT2D eigenvalue weighted by Gasteiger charge is -2.34.